The smallest absolute Gasteiger partial charge is 0.230 e. The van der Waals surface area contributed by atoms with E-state index in [9.17, 15) is 4.79 Å². The predicted octanol–water partition coefficient (Wildman–Crippen LogP) is 5.24. The average Bonchev–Trinajstić information content (AvgIpc) is 3.27. The van der Waals surface area contributed by atoms with E-state index in [-0.39, 0.29) is 11.9 Å². The Morgan fingerprint density at radius 1 is 1.09 bits per heavy atom. The van der Waals surface area contributed by atoms with Gasteiger partial charge in [0.25, 0.3) is 0 Å². The van der Waals surface area contributed by atoms with Crippen molar-refractivity contribution in [1.29, 1.82) is 0 Å². The Bertz CT molecular complexity index is 1060. The first-order valence-electron chi connectivity index (χ1n) is 12.0. The number of amides is 1. The van der Waals surface area contributed by atoms with Gasteiger partial charge in [-0.3, -0.25) is 14.3 Å². The van der Waals surface area contributed by atoms with Crippen LogP contribution in [0.5, 0.6) is 0 Å². The molecule has 1 aromatic carbocycles. The molecule has 0 bridgehead atoms. The number of benzene rings is 1. The Labute approximate surface area is 200 Å². The quantitative estimate of drug-likeness (QED) is 0.463. The molecule has 33 heavy (non-hydrogen) atoms. The third-order valence-electron chi connectivity index (χ3n) is 6.53. The molecule has 2 heterocycles. The molecule has 0 spiro atoms. The first-order chi connectivity index (χ1) is 16.1. The van der Waals surface area contributed by atoms with E-state index in [0.29, 0.717) is 11.7 Å². The number of aryl methyl sites for hydroxylation is 2. The molecule has 2 unspecified atom stereocenters. The van der Waals surface area contributed by atoms with Gasteiger partial charge in [0.2, 0.25) is 5.91 Å². The van der Waals surface area contributed by atoms with E-state index >= 15 is 0 Å². The van der Waals surface area contributed by atoms with Crippen LogP contribution in [0.2, 0.25) is 0 Å². The summed E-state index contributed by atoms with van der Waals surface area (Å²) in [5, 5.41) is 13.0. The number of carbonyl (C=O) groups is 1. The van der Waals surface area contributed by atoms with Crippen LogP contribution in [-0.4, -0.2) is 37.5 Å². The maximum Gasteiger partial charge on any atom is 0.230 e. The fourth-order valence-corrected chi connectivity index (χ4v) is 5.41. The van der Waals surface area contributed by atoms with Gasteiger partial charge < -0.3 is 5.32 Å². The van der Waals surface area contributed by atoms with E-state index < -0.39 is 0 Å². The summed E-state index contributed by atoms with van der Waals surface area (Å²) in [5.74, 6) is 1.68. The Balaban J connectivity index is 1.66. The standard InChI is InChI=1S/C26H33N5OS/c1-4-19-11-8-12-20(5-2)24(19)31-25(21-13-9-15-27-16-21)29-30-26(31)33-17-23(32)28-22-14-7-6-10-18(22)3/h8-9,11-13,15-16,18,22H,4-7,10,14,17H2,1-3H3,(H,28,32). The molecule has 1 saturated carbocycles. The van der Waals surface area contributed by atoms with E-state index in [1.807, 2.05) is 18.3 Å². The van der Waals surface area contributed by atoms with Crippen LogP contribution in [0.1, 0.15) is 57.6 Å². The highest BCUT2D eigenvalue weighted by Crippen LogP contribution is 2.32. The van der Waals surface area contributed by atoms with Crippen molar-refractivity contribution >= 4 is 17.7 Å². The maximum atomic E-state index is 12.8. The number of nitrogens with zero attached hydrogens (tertiary/aromatic N) is 4. The fourth-order valence-electron chi connectivity index (χ4n) is 4.66. The molecule has 2 atom stereocenters. The van der Waals surface area contributed by atoms with Gasteiger partial charge in [0, 0.05) is 24.0 Å². The molecule has 2 aromatic heterocycles. The molecule has 1 amide bonds. The largest absolute Gasteiger partial charge is 0.352 e. The Morgan fingerprint density at radius 2 is 1.85 bits per heavy atom. The number of thioether (sulfide) groups is 1. The van der Waals surface area contributed by atoms with Crippen molar-refractivity contribution in [3.63, 3.8) is 0 Å². The summed E-state index contributed by atoms with van der Waals surface area (Å²) in [4.78, 5) is 17.1. The van der Waals surface area contributed by atoms with Gasteiger partial charge in [0.15, 0.2) is 11.0 Å². The van der Waals surface area contributed by atoms with E-state index in [4.69, 9.17) is 0 Å². The molecule has 1 aliphatic carbocycles. The summed E-state index contributed by atoms with van der Waals surface area (Å²) in [6.45, 7) is 6.57. The highest BCUT2D eigenvalue weighted by molar-refractivity contribution is 7.99. The van der Waals surface area contributed by atoms with Gasteiger partial charge in [-0.25, -0.2) is 0 Å². The molecule has 1 fully saturated rings. The predicted molar refractivity (Wildman–Crippen MR) is 134 cm³/mol. The van der Waals surface area contributed by atoms with Crippen molar-refractivity contribution in [3.8, 4) is 17.1 Å². The zero-order valence-electron chi connectivity index (χ0n) is 19.8. The number of carbonyl (C=O) groups excluding carboxylic acids is 1. The summed E-state index contributed by atoms with van der Waals surface area (Å²) in [5.41, 5.74) is 4.50. The molecule has 0 saturated heterocycles. The van der Waals surface area contributed by atoms with E-state index in [1.165, 1.54) is 42.2 Å². The van der Waals surface area contributed by atoms with Crippen molar-refractivity contribution < 1.29 is 4.79 Å². The number of hydrogen-bond donors (Lipinski definition) is 1. The second kappa shape index (κ2) is 11.0. The van der Waals surface area contributed by atoms with Crippen LogP contribution >= 0.6 is 11.8 Å². The third-order valence-corrected chi connectivity index (χ3v) is 7.46. The van der Waals surface area contributed by atoms with Crippen LogP contribution in [0.25, 0.3) is 17.1 Å². The van der Waals surface area contributed by atoms with Crippen molar-refractivity contribution in [2.75, 3.05) is 5.75 Å². The lowest BCUT2D eigenvalue weighted by atomic mass is 9.86. The lowest BCUT2D eigenvalue weighted by Crippen LogP contribution is -2.41. The summed E-state index contributed by atoms with van der Waals surface area (Å²) < 4.78 is 2.12. The second-order valence-electron chi connectivity index (χ2n) is 8.74. The molecule has 4 rings (SSSR count). The van der Waals surface area contributed by atoms with Gasteiger partial charge in [-0.1, -0.05) is 63.6 Å². The number of para-hydroxylation sites is 1. The minimum absolute atomic E-state index is 0.0655. The zero-order valence-corrected chi connectivity index (χ0v) is 20.6. The van der Waals surface area contributed by atoms with E-state index in [2.05, 4.69) is 64.0 Å². The van der Waals surface area contributed by atoms with Crippen LogP contribution in [0.15, 0.2) is 47.9 Å². The van der Waals surface area contributed by atoms with Crippen molar-refractivity contribution in [3.05, 3.63) is 53.9 Å². The Hall–Kier alpha value is -2.67. The van der Waals surface area contributed by atoms with Gasteiger partial charge in [-0.15, -0.1) is 10.2 Å². The van der Waals surface area contributed by atoms with Gasteiger partial charge in [-0.2, -0.15) is 0 Å². The first kappa shape index (κ1) is 23.5. The lowest BCUT2D eigenvalue weighted by Gasteiger charge is -2.29. The van der Waals surface area contributed by atoms with Gasteiger partial charge in [0.1, 0.15) is 0 Å². The average molecular weight is 464 g/mol. The van der Waals surface area contributed by atoms with Crippen LogP contribution in [0.4, 0.5) is 0 Å². The normalized spacial score (nSPS) is 18.3. The van der Waals surface area contributed by atoms with Crippen molar-refractivity contribution in [1.82, 2.24) is 25.1 Å². The van der Waals surface area contributed by atoms with Crippen LogP contribution in [0, 0.1) is 5.92 Å². The van der Waals surface area contributed by atoms with Gasteiger partial charge in [-0.05, 0) is 54.9 Å². The first-order valence-corrected chi connectivity index (χ1v) is 13.0. The second-order valence-corrected chi connectivity index (χ2v) is 9.68. The summed E-state index contributed by atoms with van der Waals surface area (Å²) in [6, 6.07) is 10.6. The third kappa shape index (κ3) is 5.29. The van der Waals surface area contributed by atoms with Crippen LogP contribution < -0.4 is 5.32 Å². The van der Waals surface area contributed by atoms with Gasteiger partial charge >= 0.3 is 0 Å². The minimum Gasteiger partial charge on any atom is -0.352 e. The van der Waals surface area contributed by atoms with Crippen molar-refractivity contribution in [2.45, 2.75) is 70.5 Å². The lowest BCUT2D eigenvalue weighted by molar-refractivity contribution is -0.119. The molecule has 7 heteroatoms. The number of hydrogen-bond acceptors (Lipinski definition) is 5. The molecule has 0 aliphatic heterocycles. The molecule has 0 radical (unpaired) electrons. The Kier molecular flexibility index (Phi) is 7.81. The molecule has 174 valence electrons. The van der Waals surface area contributed by atoms with E-state index in [0.717, 1.165) is 41.5 Å². The van der Waals surface area contributed by atoms with Gasteiger partial charge in [0.05, 0.1) is 11.4 Å². The zero-order chi connectivity index (χ0) is 23.2. The number of rotatable bonds is 8. The highest BCUT2D eigenvalue weighted by atomic mass is 32.2. The number of pyridine rings is 1. The summed E-state index contributed by atoms with van der Waals surface area (Å²) in [7, 11) is 0. The highest BCUT2D eigenvalue weighted by Gasteiger charge is 2.24. The maximum absolute atomic E-state index is 12.8. The minimum atomic E-state index is 0.0655. The fraction of sp³-hybridized carbons (Fsp3) is 0.462. The SMILES string of the molecule is CCc1cccc(CC)c1-n1c(SCC(=O)NC2CCCCC2C)nnc1-c1cccnc1. The van der Waals surface area contributed by atoms with E-state index in [1.54, 1.807) is 6.20 Å². The summed E-state index contributed by atoms with van der Waals surface area (Å²) in [6.07, 6.45) is 10.1. The molecule has 1 N–H and O–H groups in total. The summed E-state index contributed by atoms with van der Waals surface area (Å²) >= 11 is 1.45. The van der Waals surface area contributed by atoms with Crippen molar-refractivity contribution in [2.24, 2.45) is 5.92 Å². The number of aromatic nitrogens is 4. The van der Waals surface area contributed by atoms with Crippen LogP contribution in [-0.2, 0) is 17.6 Å². The topological polar surface area (TPSA) is 72.7 Å². The Morgan fingerprint density at radius 3 is 2.52 bits per heavy atom. The number of nitrogens with one attached hydrogen (secondary N) is 1. The molecular weight excluding hydrogens is 430 g/mol. The molecule has 3 aromatic rings. The molecule has 1 aliphatic rings. The monoisotopic (exact) mass is 463 g/mol. The van der Waals surface area contributed by atoms with Crippen LogP contribution in [0.3, 0.4) is 0 Å². The molecule has 6 nitrogen and oxygen atoms in total. The molecular formula is C26H33N5OS.